The summed E-state index contributed by atoms with van der Waals surface area (Å²) in [7, 11) is -3.64. The lowest BCUT2D eigenvalue weighted by Crippen LogP contribution is -2.36. The third-order valence-electron chi connectivity index (χ3n) is 2.20. The molecule has 1 saturated heterocycles. The number of carbonyl (C=O) groups is 1. The van der Waals surface area contributed by atoms with E-state index in [4.69, 9.17) is 9.05 Å². The predicted octanol–water partition coefficient (Wildman–Crippen LogP) is 1.56. The zero-order valence-electron chi connectivity index (χ0n) is 9.94. The zero-order valence-corrected chi connectivity index (χ0v) is 10.8. The Hall–Kier alpha value is -0.480. The number of hydrogen-bond donors (Lipinski definition) is 1. The van der Waals surface area contributed by atoms with Crippen LogP contribution in [0.3, 0.4) is 0 Å². The first-order chi connectivity index (χ1) is 7.18. The average Bonchev–Trinajstić information content (AvgIpc) is 2.10. The van der Waals surface area contributed by atoms with Crippen LogP contribution in [0.4, 0.5) is 0 Å². The van der Waals surface area contributed by atoms with Gasteiger partial charge in [-0.15, -0.1) is 0 Å². The van der Waals surface area contributed by atoms with E-state index in [0.29, 0.717) is 0 Å². The summed E-state index contributed by atoms with van der Waals surface area (Å²) >= 11 is 0. The van der Waals surface area contributed by atoms with Crippen LogP contribution >= 0.6 is 7.94 Å². The SMILES string of the molecule is CC(=O)/C(=C(\C)O)[P+]1([O-])OCC(C)(C)CO1. The number of hydrogen-bond acceptors (Lipinski definition) is 5. The Morgan fingerprint density at radius 3 is 2.06 bits per heavy atom. The van der Waals surface area contributed by atoms with Gasteiger partial charge < -0.3 is 10.00 Å². The maximum Gasteiger partial charge on any atom is 0.278 e. The molecule has 0 amide bonds. The first-order valence-corrected chi connectivity index (χ1v) is 6.53. The Balaban J connectivity index is 2.96. The Bertz CT molecular complexity index is 320. The van der Waals surface area contributed by atoms with E-state index in [1.165, 1.54) is 13.8 Å². The summed E-state index contributed by atoms with van der Waals surface area (Å²) in [5.41, 5.74) is -0.237. The molecule has 16 heavy (non-hydrogen) atoms. The van der Waals surface area contributed by atoms with E-state index in [1.54, 1.807) is 0 Å². The highest BCUT2D eigenvalue weighted by Gasteiger charge is 2.47. The summed E-state index contributed by atoms with van der Waals surface area (Å²) in [4.78, 5) is 23.5. The number of rotatable bonds is 2. The predicted molar refractivity (Wildman–Crippen MR) is 58.6 cm³/mol. The van der Waals surface area contributed by atoms with Gasteiger partial charge in [-0.1, -0.05) is 13.8 Å². The Morgan fingerprint density at radius 2 is 1.75 bits per heavy atom. The van der Waals surface area contributed by atoms with Crippen LogP contribution in [-0.4, -0.2) is 24.1 Å². The molecule has 1 heterocycles. The molecule has 92 valence electrons. The van der Waals surface area contributed by atoms with E-state index < -0.39 is 13.7 Å². The lowest BCUT2D eigenvalue weighted by atomic mass is 9.97. The number of carbonyl (C=O) groups excluding carboxylic acids is 1. The molecule has 0 aromatic carbocycles. The molecule has 1 N–H and O–H groups in total. The molecule has 0 aromatic heterocycles. The molecule has 6 heteroatoms. The highest BCUT2D eigenvalue weighted by atomic mass is 31.2. The number of aliphatic hydroxyl groups excluding tert-OH is 1. The van der Waals surface area contributed by atoms with Gasteiger partial charge in [0.2, 0.25) is 11.1 Å². The molecule has 0 saturated carbocycles. The van der Waals surface area contributed by atoms with E-state index in [9.17, 15) is 14.8 Å². The van der Waals surface area contributed by atoms with Gasteiger partial charge in [-0.2, -0.15) is 0 Å². The summed E-state index contributed by atoms with van der Waals surface area (Å²) in [6, 6.07) is 0. The molecule has 0 bridgehead atoms. The maximum absolute atomic E-state index is 12.2. The average molecular weight is 248 g/mol. The van der Waals surface area contributed by atoms with Crippen molar-refractivity contribution < 1.29 is 23.8 Å². The first kappa shape index (κ1) is 13.6. The van der Waals surface area contributed by atoms with Crippen LogP contribution in [0.1, 0.15) is 27.7 Å². The van der Waals surface area contributed by atoms with Gasteiger partial charge >= 0.3 is 0 Å². The summed E-state index contributed by atoms with van der Waals surface area (Å²) in [5, 5.41) is 9.11. The summed E-state index contributed by atoms with van der Waals surface area (Å²) < 4.78 is 10.3. The first-order valence-electron chi connectivity index (χ1n) is 4.98. The summed E-state index contributed by atoms with van der Waals surface area (Å²) in [6.45, 7) is 6.78. The van der Waals surface area contributed by atoms with Crippen molar-refractivity contribution in [1.29, 1.82) is 0 Å². The number of ketones is 1. The minimum Gasteiger partial charge on any atom is -0.627 e. The van der Waals surface area contributed by atoms with E-state index in [2.05, 4.69) is 0 Å². The Labute approximate surface area is 95.6 Å². The maximum atomic E-state index is 12.2. The topological polar surface area (TPSA) is 78.8 Å². The highest BCUT2D eigenvalue weighted by molar-refractivity contribution is 7.65. The minimum absolute atomic E-state index is 0.230. The van der Waals surface area contributed by atoms with E-state index >= 15 is 0 Å². The fraction of sp³-hybridized carbons (Fsp3) is 0.700. The van der Waals surface area contributed by atoms with Crippen LogP contribution in [0.15, 0.2) is 11.1 Å². The third kappa shape index (κ3) is 2.80. The molecule has 0 unspecified atom stereocenters. The van der Waals surface area contributed by atoms with Crippen LogP contribution < -0.4 is 4.89 Å². The third-order valence-corrected chi connectivity index (χ3v) is 4.32. The molecular formula is C10H17O5P. The van der Waals surface area contributed by atoms with Gasteiger partial charge in [0.1, 0.15) is 19.0 Å². The van der Waals surface area contributed by atoms with E-state index in [1.807, 2.05) is 13.8 Å². The summed E-state index contributed by atoms with van der Waals surface area (Å²) in [5.74, 6) is -0.807. The molecule has 0 aromatic rings. The van der Waals surface area contributed by atoms with Crippen molar-refractivity contribution in [1.82, 2.24) is 0 Å². The second kappa shape index (κ2) is 4.41. The monoisotopic (exact) mass is 248 g/mol. The fourth-order valence-electron chi connectivity index (χ4n) is 1.37. The lowest BCUT2D eigenvalue weighted by molar-refractivity contribution is -0.229. The van der Waals surface area contributed by atoms with Crippen LogP contribution in [0.25, 0.3) is 0 Å². The van der Waals surface area contributed by atoms with Crippen molar-refractivity contribution >= 4 is 13.7 Å². The molecule has 1 aliphatic heterocycles. The van der Waals surface area contributed by atoms with Gasteiger partial charge in [0, 0.05) is 12.3 Å². The summed E-state index contributed by atoms with van der Waals surface area (Å²) in [6.07, 6.45) is 0. The van der Waals surface area contributed by atoms with Crippen LogP contribution in [0.5, 0.6) is 0 Å². The Kier molecular flexibility index (Phi) is 3.75. The molecule has 0 radical (unpaired) electrons. The van der Waals surface area contributed by atoms with E-state index in [0.717, 1.165) is 0 Å². The number of allylic oxidation sites excluding steroid dienone is 2. The molecule has 1 aliphatic rings. The zero-order chi connectivity index (χ0) is 12.6. The van der Waals surface area contributed by atoms with Gasteiger partial charge in [0.05, 0.1) is 0 Å². The largest absolute Gasteiger partial charge is 0.627 e. The van der Waals surface area contributed by atoms with Crippen LogP contribution in [0.2, 0.25) is 0 Å². The molecule has 0 spiro atoms. The second-order valence-electron chi connectivity index (χ2n) is 4.70. The molecule has 1 rings (SSSR count). The fourth-order valence-corrected chi connectivity index (χ4v) is 3.53. The van der Waals surface area contributed by atoms with Crippen molar-refractivity contribution in [2.45, 2.75) is 27.7 Å². The molecule has 1 fully saturated rings. The van der Waals surface area contributed by atoms with Crippen molar-refractivity contribution in [3.8, 4) is 0 Å². The molecule has 5 nitrogen and oxygen atoms in total. The van der Waals surface area contributed by atoms with Crippen molar-refractivity contribution in [3.63, 3.8) is 0 Å². The quantitative estimate of drug-likeness (QED) is 0.455. The smallest absolute Gasteiger partial charge is 0.278 e. The van der Waals surface area contributed by atoms with Gasteiger partial charge in [-0.25, -0.2) is 9.05 Å². The van der Waals surface area contributed by atoms with Crippen molar-refractivity contribution in [2.24, 2.45) is 5.41 Å². The van der Waals surface area contributed by atoms with Gasteiger partial charge in [-0.3, -0.25) is 4.79 Å². The van der Waals surface area contributed by atoms with Gasteiger partial charge in [0.25, 0.3) is 7.94 Å². The van der Waals surface area contributed by atoms with Crippen LogP contribution in [0, 0.1) is 5.41 Å². The van der Waals surface area contributed by atoms with Gasteiger partial charge in [-0.05, 0) is 6.92 Å². The second-order valence-corrected chi connectivity index (χ2v) is 6.66. The molecule has 0 aliphatic carbocycles. The minimum atomic E-state index is -3.64. The van der Waals surface area contributed by atoms with Crippen molar-refractivity contribution in [3.05, 3.63) is 11.1 Å². The van der Waals surface area contributed by atoms with Gasteiger partial charge in [0.15, 0.2) is 0 Å². The van der Waals surface area contributed by atoms with Crippen molar-refractivity contribution in [2.75, 3.05) is 13.2 Å². The number of Topliss-reactive ketones (excluding diaryl/α,β-unsaturated/α-hetero) is 1. The number of aliphatic hydroxyl groups is 1. The Morgan fingerprint density at radius 1 is 1.31 bits per heavy atom. The standard InChI is InChI=1S/C10H17O5P/c1-7(11)9(8(2)12)16(13)14-5-10(3,4)6-15-16/h11H,5-6H2,1-4H3/b9-7-. The van der Waals surface area contributed by atoms with E-state index in [-0.39, 0.29) is 29.7 Å². The lowest BCUT2D eigenvalue weighted by Gasteiger charge is -2.37. The highest BCUT2D eigenvalue weighted by Crippen LogP contribution is 2.64. The molecular weight excluding hydrogens is 231 g/mol. The normalized spacial score (nSPS) is 24.8. The van der Waals surface area contributed by atoms with Crippen LogP contribution in [-0.2, 0) is 13.8 Å². The molecule has 0 atom stereocenters.